The van der Waals surface area contributed by atoms with E-state index in [-0.39, 0.29) is 11.9 Å². The van der Waals surface area contributed by atoms with E-state index in [0.29, 0.717) is 6.42 Å². The van der Waals surface area contributed by atoms with Gasteiger partial charge >= 0.3 is 0 Å². The number of fused-ring (bicyclic) bond motifs is 1. The fraction of sp³-hybridized carbons (Fsp3) is 0.333. The first kappa shape index (κ1) is 10.8. The molecule has 1 saturated heterocycles. The van der Waals surface area contributed by atoms with E-state index in [9.17, 15) is 4.79 Å². The van der Waals surface area contributed by atoms with Crippen LogP contribution in [0.2, 0.25) is 0 Å². The SMILES string of the molecule is O=C1CCC(Cn2cc3cc(Br)ccc3n2)N1. The Hall–Kier alpha value is -1.36. The van der Waals surface area contributed by atoms with Gasteiger partial charge in [-0.05, 0) is 24.6 Å². The van der Waals surface area contributed by atoms with Gasteiger partial charge < -0.3 is 5.32 Å². The van der Waals surface area contributed by atoms with Crippen molar-refractivity contribution >= 4 is 32.7 Å². The quantitative estimate of drug-likeness (QED) is 0.921. The molecule has 1 atom stereocenters. The number of carbonyl (C=O) groups excluding carboxylic acids is 1. The summed E-state index contributed by atoms with van der Waals surface area (Å²) in [5.74, 6) is 0.148. The van der Waals surface area contributed by atoms with Crippen molar-refractivity contribution in [1.82, 2.24) is 15.1 Å². The lowest BCUT2D eigenvalue weighted by Crippen LogP contribution is -2.29. The minimum Gasteiger partial charge on any atom is -0.351 e. The molecule has 0 spiro atoms. The zero-order chi connectivity index (χ0) is 11.8. The van der Waals surface area contributed by atoms with Gasteiger partial charge in [0.1, 0.15) is 0 Å². The predicted molar refractivity (Wildman–Crippen MR) is 68.6 cm³/mol. The maximum Gasteiger partial charge on any atom is 0.220 e. The number of amides is 1. The molecule has 1 aliphatic heterocycles. The molecule has 0 aliphatic carbocycles. The lowest BCUT2D eigenvalue weighted by atomic mass is 10.2. The maximum atomic E-state index is 11.1. The minimum atomic E-state index is 0.148. The monoisotopic (exact) mass is 293 g/mol. The average molecular weight is 294 g/mol. The second kappa shape index (κ2) is 4.14. The fourth-order valence-electron chi connectivity index (χ4n) is 2.18. The summed E-state index contributed by atoms with van der Waals surface area (Å²) in [6.07, 6.45) is 3.56. The minimum absolute atomic E-state index is 0.148. The third-order valence-electron chi connectivity index (χ3n) is 3.01. The van der Waals surface area contributed by atoms with Crippen LogP contribution in [0.25, 0.3) is 10.9 Å². The van der Waals surface area contributed by atoms with E-state index in [1.165, 1.54) is 0 Å². The van der Waals surface area contributed by atoms with Crippen molar-refractivity contribution in [2.24, 2.45) is 0 Å². The highest BCUT2D eigenvalue weighted by atomic mass is 79.9. The molecule has 2 aromatic rings. The normalized spacial score (nSPS) is 19.8. The van der Waals surface area contributed by atoms with Crippen LogP contribution in [0.1, 0.15) is 12.8 Å². The molecule has 1 unspecified atom stereocenters. The lowest BCUT2D eigenvalue weighted by Gasteiger charge is -2.08. The highest BCUT2D eigenvalue weighted by Crippen LogP contribution is 2.19. The molecule has 1 aromatic heterocycles. The van der Waals surface area contributed by atoms with Crippen molar-refractivity contribution < 1.29 is 4.79 Å². The second-order valence-corrected chi connectivity index (χ2v) is 5.27. The smallest absolute Gasteiger partial charge is 0.220 e. The van der Waals surface area contributed by atoms with Crippen LogP contribution in [0.5, 0.6) is 0 Å². The largest absolute Gasteiger partial charge is 0.351 e. The highest BCUT2D eigenvalue weighted by Gasteiger charge is 2.21. The number of rotatable bonds is 2. The van der Waals surface area contributed by atoms with E-state index in [1.54, 1.807) is 0 Å². The summed E-state index contributed by atoms with van der Waals surface area (Å²) in [6, 6.07) is 6.24. The molecule has 0 radical (unpaired) electrons. The van der Waals surface area contributed by atoms with Crippen LogP contribution >= 0.6 is 15.9 Å². The molecule has 1 N–H and O–H groups in total. The van der Waals surface area contributed by atoms with Crippen LogP contribution in [0.15, 0.2) is 28.9 Å². The van der Waals surface area contributed by atoms with Crippen LogP contribution in [0.3, 0.4) is 0 Å². The Morgan fingerprint density at radius 2 is 2.41 bits per heavy atom. The zero-order valence-electron chi connectivity index (χ0n) is 9.19. The van der Waals surface area contributed by atoms with Crippen LogP contribution in [0.4, 0.5) is 0 Å². The molecule has 1 aromatic carbocycles. The molecular weight excluding hydrogens is 282 g/mol. The third kappa shape index (κ3) is 2.20. The number of hydrogen-bond acceptors (Lipinski definition) is 2. The van der Waals surface area contributed by atoms with Gasteiger partial charge in [-0.15, -0.1) is 0 Å². The first-order valence-electron chi connectivity index (χ1n) is 5.63. The summed E-state index contributed by atoms with van der Waals surface area (Å²) < 4.78 is 2.96. The summed E-state index contributed by atoms with van der Waals surface area (Å²) in [5.41, 5.74) is 0.984. The zero-order valence-corrected chi connectivity index (χ0v) is 10.8. The van der Waals surface area contributed by atoms with Crippen molar-refractivity contribution in [3.8, 4) is 0 Å². The number of hydrogen-bond donors (Lipinski definition) is 1. The lowest BCUT2D eigenvalue weighted by molar-refractivity contribution is -0.119. The van der Waals surface area contributed by atoms with Crippen LogP contribution < -0.4 is 5.32 Å². The number of benzene rings is 1. The van der Waals surface area contributed by atoms with Gasteiger partial charge in [0.2, 0.25) is 5.91 Å². The average Bonchev–Trinajstić information content (AvgIpc) is 2.84. The molecule has 5 heteroatoms. The summed E-state index contributed by atoms with van der Waals surface area (Å²) in [5, 5.41) is 8.55. The Balaban J connectivity index is 1.83. The van der Waals surface area contributed by atoms with Gasteiger partial charge in [-0.3, -0.25) is 9.48 Å². The van der Waals surface area contributed by atoms with Crippen LogP contribution in [0, 0.1) is 0 Å². The van der Waals surface area contributed by atoms with E-state index in [4.69, 9.17) is 0 Å². The number of nitrogens with zero attached hydrogens (tertiary/aromatic N) is 2. The molecule has 4 nitrogen and oxygen atoms in total. The Kier molecular flexibility index (Phi) is 2.63. The summed E-state index contributed by atoms with van der Waals surface area (Å²) in [6.45, 7) is 0.748. The van der Waals surface area contributed by atoms with Crippen molar-refractivity contribution in [2.75, 3.05) is 0 Å². The van der Waals surface area contributed by atoms with E-state index in [0.717, 1.165) is 28.3 Å². The number of nitrogens with one attached hydrogen (secondary N) is 1. The van der Waals surface area contributed by atoms with Gasteiger partial charge in [0.25, 0.3) is 0 Å². The van der Waals surface area contributed by atoms with E-state index < -0.39 is 0 Å². The topological polar surface area (TPSA) is 46.9 Å². The van der Waals surface area contributed by atoms with Gasteiger partial charge in [0.05, 0.1) is 12.1 Å². The van der Waals surface area contributed by atoms with Crippen molar-refractivity contribution in [1.29, 1.82) is 0 Å². The maximum absolute atomic E-state index is 11.1. The number of halogens is 1. The predicted octanol–water partition coefficient (Wildman–Crippen LogP) is 2.08. The van der Waals surface area contributed by atoms with Gasteiger partial charge in [-0.1, -0.05) is 15.9 Å². The fourth-order valence-corrected chi connectivity index (χ4v) is 2.56. The van der Waals surface area contributed by atoms with Gasteiger partial charge in [0, 0.05) is 28.5 Å². The summed E-state index contributed by atoms with van der Waals surface area (Å²) in [4.78, 5) is 11.1. The molecule has 1 amide bonds. The van der Waals surface area contributed by atoms with E-state index in [2.05, 4.69) is 26.3 Å². The first-order chi connectivity index (χ1) is 8.20. The van der Waals surface area contributed by atoms with Crippen molar-refractivity contribution in [3.05, 3.63) is 28.9 Å². The highest BCUT2D eigenvalue weighted by molar-refractivity contribution is 9.10. The molecule has 17 heavy (non-hydrogen) atoms. The Bertz CT molecular complexity index is 578. The summed E-state index contributed by atoms with van der Waals surface area (Å²) in [7, 11) is 0. The molecule has 0 bridgehead atoms. The molecule has 3 rings (SSSR count). The number of carbonyl (C=O) groups is 1. The number of aromatic nitrogens is 2. The molecule has 0 saturated carbocycles. The Morgan fingerprint density at radius 3 is 3.18 bits per heavy atom. The van der Waals surface area contributed by atoms with Crippen LogP contribution in [-0.2, 0) is 11.3 Å². The Morgan fingerprint density at radius 1 is 1.53 bits per heavy atom. The third-order valence-corrected chi connectivity index (χ3v) is 3.50. The molecule has 88 valence electrons. The Labute approximate surface area is 107 Å². The molecule has 1 fully saturated rings. The van der Waals surface area contributed by atoms with E-state index >= 15 is 0 Å². The van der Waals surface area contributed by atoms with Crippen molar-refractivity contribution in [3.63, 3.8) is 0 Å². The summed E-state index contributed by atoms with van der Waals surface area (Å²) >= 11 is 3.44. The second-order valence-electron chi connectivity index (χ2n) is 4.36. The molecule has 2 heterocycles. The first-order valence-corrected chi connectivity index (χ1v) is 6.42. The van der Waals surface area contributed by atoms with E-state index in [1.807, 2.05) is 29.1 Å². The molecule has 1 aliphatic rings. The van der Waals surface area contributed by atoms with Gasteiger partial charge in [0.15, 0.2) is 0 Å². The van der Waals surface area contributed by atoms with Crippen molar-refractivity contribution in [2.45, 2.75) is 25.4 Å². The standard InChI is InChI=1S/C12H12BrN3O/c13-9-1-3-11-8(5-9)6-16(15-11)7-10-2-4-12(17)14-10/h1,3,5-6,10H,2,4,7H2,(H,14,17). The van der Waals surface area contributed by atoms with Crippen LogP contribution in [-0.4, -0.2) is 21.7 Å². The molecular formula is C12H12BrN3O. The van der Waals surface area contributed by atoms with Gasteiger partial charge in [-0.2, -0.15) is 5.10 Å². The van der Waals surface area contributed by atoms with Gasteiger partial charge in [-0.25, -0.2) is 0 Å².